The molecule has 7 heteroatoms. The number of benzene rings is 1. The number of pyridine rings is 1. The summed E-state index contributed by atoms with van der Waals surface area (Å²) in [5.74, 6) is -1.19. The molecule has 0 spiro atoms. The molecular weight excluding hydrogens is 325 g/mol. The normalized spacial score (nSPS) is 10.7. The molecule has 0 bridgehead atoms. The standard InChI is InChI=1S/C18H16FN3O3/c1-11-8-12(6-7-13(11)19)9-20-17(23)14-10-22-15(18(24)25-2)4-3-5-16(22)21-14/h3-8,10H,9H2,1-2H3,(H,20,23). The smallest absolute Gasteiger partial charge is 0.355 e. The fraction of sp³-hybridized carbons (Fsp3) is 0.167. The maximum absolute atomic E-state index is 13.3. The summed E-state index contributed by atoms with van der Waals surface area (Å²) in [6.07, 6.45) is 1.48. The van der Waals surface area contributed by atoms with Crippen molar-refractivity contribution in [2.24, 2.45) is 0 Å². The first kappa shape index (κ1) is 16.6. The molecule has 0 unspecified atom stereocenters. The average Bonchev–Trinajstić information content (AvgIpc) is 3.06. The van der Waals surface area contributed by atoms with E-state index in [0.29, 0.717) is 11.2 Å². The van der Waals surface area contributed by atoms with Gasteiger partial charge in [-0.2, -0.15) is 0 Å². The molecule has 0 atom stereocenters. The number of esters is 1. The Labute approximate surface area is 143 Å². The van der Waals surface area contributed by atoms with Gasteiger partial charge in [0.2, 0.25) is 0 Å². The van der Waals surface area contributed by atoms with E-state index in [1.165, 1.54) is 23.8 Å². The first-order valence-corrected chi connectivity index (χ1v) is 7.59. The monoisotopic (exact) mass is 341 g/mol. The van der Waals surface area contributed by atoms with Crippen LogP contribution >= 0.6 is 0 Å². The molecule has 2 aromatic heterocycles. The van der Waals surface area contributed by atoms with Gasteiger partial charge in [0.15, 0.2) is 0 Å². The number of ether oxygens (including phenoxy) is 1. The van der Waals surface area contributed by atoms with E-state index >= 15 is 0 Å². The van der Waals surface area contributed by atoms with Crippen molar-refractivity contribution >= 4 is 17.5 Å². The quantitative estimate of drug-likeness (QED) is 0.740. The summed E-state index contributed by atoms with van der Waals surface area (Å²) in [5, 5.41) is 2.73. The van der Waals surface area contributed by atoms with Crippen molar-refractivity contribution in [1.82, 2.24) is 14.7 Å². The highest BCUT2D eigenvalue weighted by molar-refractivity contribution is 5.94. The number of rotatable bonds is 4. The lowest BCUT2D eigenvalue weighted by atomic mass is 10.1. The summed E-state index contributed by atoms with van der Waals surface area (Å²) in [6, 6.07) is 9.59. The second kappa shape index (κ2) is 6.72. The van der Waals surface area contributed by atoms with Crippen LogP contribution in [0.5, 0.6) is 0 Å². The summed E-state index contributed by atoms with van der Waals surface area (Å²) in [4.78, 5) is 28.3. The number of imidazole rings is 1. The minimum absolute atomic E-state index is 0.176. The molecule has 3 aromatic rings. The van der Waals surface area contributed by atoms with Gasteiger partial charge in [0.05, 0.1) is 7.11 Å². The molecule has 0 saturated carbocycles. The maximum Gasteiger partial charge on any atom is 0.355 e. The largest absolute Gasteiger partial charge is 0.464 e. The SMILES string of the molecule is COC(=O)c1cccc2nc(C(=O)NCc3ccc(F)c(C)c3)cn12. The van der Waals surface area contributed by atoms with Crippen LogP contribution in [0.25, 0.3) is 5.65 Å². The third kappa shape index (κ3) is 3.35. The number of aromatic nitrogens is 2. The van der Waals surface area contributed by atoms with Crippen molar-refractivity contribution in [3.8, 4) is 0 Å². The minimum atomic E-state index is -0.517. The number of hydrogen-bond donors (Lipinski definition) is 1. The molecule has 2 heterocycles. The number of fused-ring (bicyclic) bond motifs is 1. The van der Waals surface area contributed by atoms with E-state index in [1.807, 2.05) is 0 Å². The number of aryl methyl sites for hydroxylation is 1. The van der Waals surface area contributed by atoms with Crippen LogP contribution in [0.2, 0.25) is 0 Å². The van der Waals surface area contributed by atoms with Crippen LogP contribution in [0.3, 0.4) is 0 Å². The lowest BCUT2D eigenvalue weighted by Gasteiger charge is -2.05. The molecule has 0 radical (unpaired) electrons. The highest BCUT2D eigenvalue weighted by atomic mass is 19.1. The first-order chi connectivity index (χ1) is 12.0. The molecule has 25 heavy (non-hydrogen) atoms. The van der Waals surface area contributed by atoms with E-state index in [-0.39, 0.29) is 29.7 Å². The van der Waals surface area contributed by atoms with Crippen molar-refractivity contribution < 1.29 is 18.7 Å². The van der Waals surface area contributed by atoms with Crippen LogP contribution < -0.4 is 5.32 Å². The maximum atomic E-state index is 13.3. The van der Waals surface area contributed by atoms with E-state index in [2.05, 4.69) is 10.3 Å². The predicted molar refractivity (Wildman–Crippen MR) is 88.8 cm³/mol. The van der Waals surface area contributed by atoms with Crippen molar-refractivity contribution in [2.75, 3.05) is 7.11 Å². The molecule has 1 N–H and O–H groups in total. The zero-order valence-corrected chi connectivity index (χ0v) is 13.7. The van der Waals surface area contributed by atoms with Crippen molar-refractivity contribution in [3.05, 3.63) is 70.9 Å². The fourth-order valence-corrected chi connectivity index (χ4v) is 2.48. The molecular formula is C18H16FN3O3. The van der Waals surface area contributed by atoms with Gasteiger partial charge in [-0.3, -0.25) is 9.20 Å². The second-order valence-corrected chi connectivity index (χ2v) is 5.52. The van der Waals surface area contributed by atoms with Gasteiger partial charge in [-0.25, -0.2) is 14.2 Å². The third-order valence-corrected chi connectivity index (χ3v) is 3.79. The summed E-state index contributed by atoms with van der Waals surface area (Å²) in [7, 11) is 1.29. The van der Waals surface area contributed by atoms with Gasteiger partial charge in [0.25, 0.3) is 5.91 Å². The molecule has 6 nitrogen and oxygen atoms in total. The number of nitrogens with one attached hydrogen (secondary N) is 1. The zero-order chi connectivity index (χ0) is 18.0. The molecule has 0 fully saturated rings. The van der Waals surface area contributed by atoms with Crippen LogP contribution in [-0.4, -0.2) is 28.4 Å². The number of carbonyl (C=O) groups excluding carboxylic acids is 2. The number of amides is 1. The van der Waals surface area contributed by atoms with Gasteiger partial charge in [0.1, 0.15) is 22.9 Å². The number of halogens is 1. The molecule has 3 rings (SSSR count). The Balaban J connectivity index is 1.80. The highest BCUT2D eigenvalue weighted by Gasteiger charge is 2.15. The van der Waals surface area contributed by atoms with Crippen LogP contribution in [0.1, 0.15) is 32.1 Å². The fourth-order valence-electron chi connectivity index (χ4n) is 2.48. The predicted octanol–water partition coefficient (Wildman–Crippen LogP) is 2.50. The van der Waals surface area contributed by atoms with Gasteiger partial charge in [0, 0.05) is 12.7 Å². The van der Waals surface area contributed by atoms with Crippen LogP contribution in [0.4, 0.5) is 4.39 Å². The Hall–Kier alpha value is -3.22. The number of methoxy groups -OCH3 is 1. The minimum Gasteiger partial charge on any atom is -0.464 e. The molecule has 128 valence electrons. The molecule has 0 saturated heterocycles. The van der Waals surface area contributed by atoms with Crippen molar-refractivity contribution in [1.29, 1.82) is 0 Å². The van der Waals surface area contributed by atoms with E-state index in [9.17, 15) is 14.0 Å². The Morgan fingerprint density at radius 1 is 1.28 bits per heavy atom. The molecule has 0 aliphatic rings. The van der Waals surface area contributed by atoms with Gasteiger partial charge >= 0.3 is 5.97 Å². The van der Waals surface area contributed by atoms with Gasteiger partial charge in [-0.1, -0.05) is 18.2 Å². The van der Waals surface area contributed by atoms with E-state index in [0.717, 1.165) is 5.56 Å². The number of hydrogen-bond acceptors (Lipinski definition) is 4. The Morgan fingerprint density at radius 3 is 2.80 bits per heavy atom. The molecule has 0 aliphatic carbocycles. The van der Waals surface area contributed by atoms with Gasteiger partial charge in [-0.05, 0) is 36.2 Å². The third-order valence-electron chi connectivity index (χ3n) is 3.79. The Bertz CT molecular complexity index is 965. The van der Waals surface area contributed by atoms with Crippen LogP contribution in [0.15, 0.2) is 42.6 Å². The Morgan fingerprint density at radius 2 is 2.08 bits per heavy atom. The van der Waals surface area contributed by atoms with E-state index in [4.69, 9.17) is 4.74 Å². The van der Waals surface area contributed by atoms with Gasteiger partial charge in [-0.15, -0.1) is 0 Å². The average molecular weight is 341 g/mol. The van der Waals surface area contributed by atoms with E-state index in [1.54, 1.807) is 37.3 Å². The topological polar surface area (TPSA) is 72.7 Å². The molecule has 0 aliphatic heterocycles. The highest BCUT2D eigenvalue weighted by Crippen LogP contribution is 2.12. The summed E-state index contributed by atoms with van der Waals surface area (Å²) in [5.41, 5.74) is 2.22. The van der Waals surface area contributed by atoms with Crippen LogP contribution in [-0.2, 0) is 11.3 Å². The number of carbonyl (C=O) groups is 2. The molecule has 1 amide bonds. The summed E-state index contributed by atoms with van der Waals surface area (Å²) < 4.78 is 19.5. The zero-order valence-electron chi connectivity index (χ0n) is 13.7. The van der Waals surface area contributed by atoms with E-state index < -0.39 is 5.97 Å². The Kier molecular flexibility index (Phi) is 4.47. The lowest BCUT2D eigenvalue weighted by Crippen LogP contribution is -2.23. The van der Waals surface area contributed by atoms with Crippen molar-refractivity contribution in [2.45, 2.75) is 13.5 Å². The summed E-state index contributed by atoms with van der Waals surface area (Å²) in [6.45, 7) is 1.91. The van der Waals surface area contributed by atoms with Crippen LogP contribution in [0, 0.1) is 12.7 Å². The van der Waals surface area contributed by atoms with Gasteiger partial charge < -0.3 is 10.1 Å². The van der Waals surface area contributed by atoms with Crippen molar-refractivity contribution in [3.63, 3.8) is 0 Å². The lowest BCUT2D eigenvalue weighted by molar-refractivity contribution is 0.0592. The summed E-state index contributed by atoms with van der Waals surface area (Å²) >= 11 is 0. The second-order valence-electron chi connectivity index (χ2n) is 5.52. The number of nitrogens with zero attached hydrogens (tertiary/aromatic N) is 2. The molecule has 1 aromatic carbocycles. The first-order valence-electron chi connectivity index (χ1n) is 7.59.